The Morgan fingerprint density at radius 2 is 1.43 bits per heavy atom. The van der Waals surface area contributed by atoms with E-state index in [4.69, 9.17) is 17.0 Å². The first-order valence-electron chi connectivity index (χ1n) is 11.9. The Morgan fingerprint density at radius 3 is 1.97 bits per heavy atom. The van der Waals surface area contributed by atoms with Crippen molar-refractivity contribution in [2.45, 2.75) is 6.10 Å². The number of carbonyl (C=O) groups is 1. The number of rotatable bonds is 7. The Kier molecular flexibility index (Phi) is 7.40. The molecule has 1 N–H and O–H groups in total. The van der Waals surface area contributed by atoms with E-state index in [1.165, 1.54) is 11.8 Å². The molecule has 0 atom stereocenters. The van der Waals surface area contributed by atoms with Crippen molar-refractivity contribution in [3.8, 4) is 16.9 Å². The summed E-state index contributed by atoms with van der Waals surface area (Å²) in [6, 6.07) is 34.8. The van der Waals surface area contributed by atoms with E-state index in [0.29, 0.717) is 15.0 Å². The fourth-order valence-corrected chi connectivity index (χ4v) is 5.21. The summed E-state index contributed by atoms with van der Waals surface area (Å²) < 4.78 is 7.17. The van der Waals surface area contributed by atoms with Gasteiger partial charge in [0.15, 0.2) is 0 Å². The minimum Gasteiger partial charge on any atom is -0.480 e. The normalized spacial score (nSPS) is 14.2. The Balaban J connectivity index is 1.58. The van der Waals surface area contributed by atoms with E-state index in [1.54, 1.807) is 0 Å². The highest BCUT2D eigenvalue weighted by atomic mass is 32.2. The van der Waals surface area contributed by atoms with Gasteiger partial charge in [0.25, 0.3) is 5.91 Å². The van der Waals surface area contributed by atoms with Crippen LogP contribution in [-0.4, -0.2) is 24.3 Å². The van der Waals surface area contributed by atoms with Crippen molar-refractivity contribution in [2.24, 2.45) is 0 Å². The van der Waals surface area contributed by atoms with Gasteiger partial charge >= 0.3 is 0 Å². The minimum absolute atomic E-state index is 0.190. The lowest BCUT2D eigenvalue weighted by Gasteiger charge is -2.22. The van der Waals surface area contributed by atoms with Crippen LogP contribution in [0.15, 0.2) is 108 Å². The molecule has 0 bridgehead atoms. The van der Waals surface area contributed by atoms with Crippen molar-refractivity contribution >= 4 is 46.0 Å². The molecule has 0 spiro atoms. The highest BCUT2D eigenvalue weighted by molar-refractivity contribution is 8.26. The summed E-state index contributed by atoms with van der Waals surface area (Å²) in [4.78, 5) is 15.1. The number of thioether (sulfide) groups is 1. The summed E-state index contributed by atoms with van der Waals surface area (Å²) in [5.74, 6) is 0.495. The zero-order chi connectivity index (χ0) is 25.8. The second kappa shape index (κ2) is 11.0. The Bertz CT molecular complexity index is 1410. The molecule has 0 radical (unpaired) electrons. The van der Waals surface area contributed by atoms with Crippen molar-refractivity contribution in [3.05, 3.63) is 125 Å². The molecule has 1 amide bonds. The molecule has 0 unspecified atom stereocenters. The van der Waals surface area contributed by atoms with Crippen molar-refractivity contribution in [2.75, 3.05) is 19.0 Å². The maximum atomic E-state index is 12.5. The molecule has 0 aliphatic carbocycles. The van der Waals surface area contributed by atoms with Crippen LogP contribution in [0.2, 0.25) is 0 Å². The van der Waals surface area contributed by atoms with Gasteiger partial charge in [-0.1, -0.05) is 103 Å². The van der Waals surface area contributed by atoms with E-state index in [2.05, 4.69) is 70.9 Å². The van der Waals surface area contributed by atoms with E-state index in [9.17, 15) is 4.79 Å². The molecule has 1 fully saturated rings. The van der Waals surface area contributed by atoms with Crippen LogP contribution in [-0.2, 0) is 4.79 Å². The number of nitrogens with one attached hydrogen (secondary N) is 1. The summed E-state index contributed by atoms with van der Waals surface area (Å²) in [5.41, 5.74) is 6.15. The number of hydrogen-bond acceptors (Lipinski definition) is 5. The second-order valence-electron chi connectivity index (χ2n) is 8.87. The maximum absolute atomic E-state index is 12.5. The van der Waals surface area contributed by atoms with E-state index in [-0.39, 0.29) is 12.0 Å². The van der Waals surface area contributed by atoms with Crippen molar-refractivity contribution < 1.29 is 9.53 Å². The van der Waals surface area contributed by atoms with Crippen LogP contribution >= 0.6 is 24.0 Å². The van der Waals surface area contributed by atoms with Gasteiger partial charge in [-0.05, 0) is 52.6 Å². The molecule has 37 heavy (non-hydrogen) atoms. The molecule has 4 aromatic rings. The average Bonchev–Trinajstić information content (AvgIpc) is 3.25. The lowest BCUT2D eigenvalue weighted by Crippen LogP contribution is -2.17. The molecule has 1 saturated heterocycles. The van der Waals surface area contributed by atoms with Gasteiger partial charge in [-0.2, -0.15) is 0 Å². The molecule has 4 nitrogen and oxygen atoms in total. The van der Waals surface area contributed by atoms with Crippen LogP contribution in [0, 0.1) is 0 Å². The molecule has 1 aliphatic rings. The molecule has 0 aromatic heterocycles. The number of benzene rings is 4. The van der Waals surface area contributed by atoms with E-state index < -0.39 is 0 Å². The fourth-order valence-electron chi connectivity index (χ4n) is 4.17. The summed E-state index contributed by atoms with van der Waals surface area (Å²) in [7, 11) is 4.05. The number of amides is 1. The predicted octanol–water partition coefficient (Wildman–Crippen LogP) is 7.08. The van der Waals surface area contributed by atoms with Crippen LogP contribution < -0.4 is 15.0 Å². The summed E-state index contributed by atoms with van der Waals surface area (Å²) in [5, 5.41) is 2.70. The number of anilines is 1. The first-order valence-corrected chi connectivity index (χ1v) is 13.1. The lowest BCUT2D eigenvalue weighted by atomic mass is 9.99. The van der Waals surface area contributed by atoms with E-state index in [0.717, 1.165) is 33.5 Å². The molecule has 1 heterocycles. The van der Waals surface area contributed by atoms with Gasteiger partial charge in [0.1, 0.15) is 16.2 Å². The zero-order valence-electron chi connectivity index (χ0n) is 20.5. The maximum Gasteiger partial charge on any atom is 0.263 e. The molecule has 6 heteroatoms. The topological polar surface area (TPSA) is 41.6 Å². The van der Waals surface area contributed by atoms with Gasteiger partial charge in [0.05, 0.1) is 4.91 Å². The Hall–Kier alpha value is -3.87. The number of hydrogen-bond donors (Lipinski definition) is 1. The smallest absolute Gasteiger partial charge is 0.263 e. The van der Waals surface area contributed by atoms with E-state index >= 15 is 0 Å². The standard InChI is InChI=1S/C31H26N2O2S2/c1-33(2)26-16-13-21(14-17-26)24-15-18-27(25(19-24)20-28-30(34)32-31(36)37-28)35-29(22-9-5-3-6-10-22)23-11-7-4-8-12-23/h3-20,29H,1-2H3,(H,32,34,36). The average molecular weight is 523 g/mol. The molecule has 0 saturated carbocycles. The Morgan fingerprint density at radius 1 is 0.838 bits per heavy atom. The monoisotopic (exact) mass is 522 g/mol. The number of nitrogens with zero attached hydrogens (tertiary/aromatic N) is 1. The summed E-state index contributed by atoms with van der Waals surface area (Å²) in [6.45, 7) is 0. The Labute approximate surface area is 227 Å². The highest BCUT2D eigenvalue weighted by Crippen LogP contribution is 2.36. The van der Waals surface area contributed by atoms with Crippen molar-refractivity contribution in [3.63, 3.8) is 0 Å². The largest absolute Gasteiger partial charge is 0.480 e. The third-order valence-corrected chi connectivity index (χ3v) is 7.27. The molecule has 1 aliphatic heterocycles. The minimum atomic E-state index is -0.309. The van der Waals surface area contributed by atoms with Gasteiger partial charge in [0.2, 0.25) is 0 Å². The van der Waals surface area contributed by atoms with Crippen LogP contribution in [0.4, 0.5) is 5.69 Å². The third-order valence-electron chi connectivity index (χ3n) is 6.10. The van der Waals surface area contributed by atoms with Crippen LogP contribution in [0.3, 0.4) is 0 Å². The fraction of sp³-hybridized carbons (Fsp3) is 0.0968. The number of thiocarbonyl (C=S) groups is 1. The number of ether oxygens (including phenoxy) is 1. The number of carbonyl (C=O) groups excluding carboxylic acids is 1. The molecular formula is C31H26N2O2S2. The van der Waals surface area contributed by atoms with Crippen LogP contribution in [0.25, 0.3) is 17.2 Å². The first-order chi connectivity index (χ1) is 18.0. The first kappa shape index (κ1) is 24.8. The van der Waals surface area contributed by atoms with Crippen molar-refractivity contribution in [1.82, 2.24) is 5.32 Å². The highest BCUT2D eigenvalue weighted by Gasteiger charge is 2.24. The lowest BCUT2D eigenvalue weighted by molar-refractivity contribution is -0.115. The molecule has 184 valence electrons. The summed E-state index contributed by atoms with van der Waals surface area (Å²) >= 11 is 6.48. The van der Waals surface area contributed by atoms with Gasteiger partial charge in [-0.25, -0.2) is 0 Å². The quantitative estimate of drug-likeness (QED) is 0.208. The van der Waals surface area contributed by atoms with Crippen LogP contribution in [0.1, 0.15) is 22.8 Å². The van der Waals surface area contributed by atoms with Gasteiger partial charge < -0.3 is 15.0 Å². The van der Waals surface area contributed by atoms with Gasteiger partial charge in [-0.15, -0.1) is 0 Å². The zero-order valence-corrected chi connectivity index (χ0v) is 22.2. The van der Waals surface area contributed by atoms with Crippen molar-refractivity contribution in [1.29, 1.82) is 0 Å². The van der Waals surface area contributed by atoms with Gasteiger partial charge in [0, 0.05) is 25.3 Å². The molecule has 5 rings (SSSR count). The van der Waals surface area contributed by atoms with Gasteiger partial charge in [-0.3, -0.25) is 4.79 Å². The summed E-state index contributed by atoms with van der Waals surface area (Å²) in [6.07, 6.45) is 1.55. The van der Waals surface area contributed by atoms with E-state index in [1.807, 2.05) is 62.6 Å². The molecule has 4 aromatic carbocycles. The second-order valence-corrected chi connectivity index (χ2v) is 10.6. The van der Waals surface area contributed by atoms with Crippen LogP contribution in [0.5, 0.6) is 5.75 Å². The third kappa shape index (κ3) is 5.77. The SMILES string of the molecule is CN(C)c1ccc(-c2ccc(OC(c3ccccc3)c3ccccc3)c(C=C3SC(=S)NC3=O)c2)cc1. The molecular weight excluding hydrogens is 496 g/mol. The predicted molar refractivity (Wildman–Crippen MR) is 158 cm³/mol.